The lowest BCUT2D eigenvalue weighted by Gasteiger charge is -2.23. The van der Waals surface area contributed by atoms with Crippen LogP contribution in [0.2, 0.25) is 0 Å². The van der Waals surface area contributed by atoms with Crippen molar-refractivity contribution in [1.82, 2.24) is 4.98 Å². The summed E-state index contributed by atoms with van der Waals surface area (Å²) in [5, 5.41) is 2.92. The third kappa shape index (κ3) is 3.19. The van der Waals surface area contributed by atoms with Crippen molar-refractivity contribution >= 4 is 31.5 Å². The molecule has 1 saturated heterocycles. The Hall–Kier alpha value is -0.620. The number of sulfone groups is 1. The summed E-state index contributed by atoms with van der Waals surface area (Å²) in [7, 11) is -2.90. The first-order valence-electron chi connectivity index (χ1n) is 5.64. The minimum absolute atomic E-state index is 0.253. The van der Waals surface area contributed by atoms with Gasteiger partial charge in [0.15, 0.2) is 9.84 Å². The number of anilines is 1. The summed E-state index contributed by atoms with van der Waals surface area (Å²) in [6.07, 6.45) is 5.94. The van der Waals surface area contributed by atoms with E-state index in [0.29, 0.717) is 12.3 Å². The second-order valence-corrected chi connectivity index (χ2v) is 7.48. The molecule has 0 saturated carbocycles. The molecule has 2 rings (SSSR count). The van der Waals surface area contributed by atoms with Gasteiger partial charge in [-0.1, -0.05) is 6.42 Å². The Morgan fingerprint density at radius 1 is 1.47 bits per heavy atom. The molecule has 1 unspecified atom stereocenters. The van der Waals surface area contributed by atoms with Crippen molar-refractivity contribution in [1.29, 1.82) is 0 Å². The molecule has 17 heavy (non-hydrogen) atoms. The van der Waals surface area contributed by atoms with Crippen molar-refractivity contribution in [2.75, 3.05) is 17.6 Å². The summed E-state index contributed by atoms with van der Waals surface area (Å²) in [6.45, 7) is 0.477. The van der Waals surface area contributed by atoms with Gasteiger partial charge in [-0.2, -0.15) is 0 Å². The van der Waals surface area contributed by atoms with E-state index in [1.54, 1.807) is 12.4 Å². The molecule has 0 amide bonds. The first-order chi connectivity index (χ1) is 8.09. The van der Waals surface area contributed by atoms with Gasteiger partial charge in [-0.3, -0.25) is 4.98 Å². The van der Waals surface area contributed by atoms with Crippen LogP contribution in [0.15, 0.2) is 22.9 Å². The molecule has 0 spiro atoms. The lowest BCUT2D eigenvalue weighted by atomic mass is 10.2. The zero-order valence-electron chi connectivity index (χ0n) is 9.39. The Labute approximate surface area is 110 Å². The lowest BCUT2D eigenvalue weighted by molar-refractivity contribution is 0.544. The standard InChI is InChI=1S/C11H15BrN2O2S/c12-10-8-13-5-4-11(10)14-7-9-3-1-2-6-17(9,15)16/h4-5,8-9H,1-3,6-7H2,(H,13,14). The molecule has 6 heteroatoms. The molecule has 4 nitrogen and oxygen atoms in total. The molecule has 1 fully saturated rings. The third-order valence-electron chi connectivity index (χ3n) is 3.01. The normalized spacial score (nSPS) is 23.2. The summed E-state index contributed by atoms with van der Waals surface area (Å²) in [4.78, 5) is 3.96. The molecule has 1 aromatic heterocycles. The summed E-state index contributed by atoms with van der Waals surface area (Å²) >= 11 is 3.38. The van der Waals surface area contributed by atoms with Gasteiger partial charge < -0.3 is 5.32 Å². The van der Waals surface area contributed by atoms with Crippen LogP contribution in [0.1, 0.15) is 19.3 Å². The molecule has 1 N–H and O–H groups in total. The Bertz CT molecular complexity index is 490. The van der Waals surface area contributed by atoms with E-state index in [9.17, 15) is 8.42 Å². The first kappa shape index (κ1) is 12.8. The molecule has 0 aliphatic carbocycles. The minimum atomic E-state index is -2.90. The highest BCUT2D eigenvalue weighted by Gasteiger charge is 2.28. The molecule has 2 heterocycles. The van der Waals surface area contributed by atoms with Gasteiger partial charge in [-0.15, -0.1) is 0 Å². The number of nitrogens with one attached hydrogen (secondary N) is 1. The fourth-order valence-electron chi connectivity index (χ4n) is 1.99. The summed E-state index contributed by atoms with van der Waals surface area (Å²) in [5.74, 6) is 0.330. The lowest BCUT2D eigenvalue weighted by Crippen LogP contribution is -2.34. The molecule has 0 radical (unpaired) electrons. The van der Waals surface area contributed by atoms with E-state index in [2.05, 4.69) is 26.2 Å². The van der Waals surface area contributed by atoms with E-state index in [-0.39, 0.29) is 5.25 Å². The SMILES string of the molecule is O=S1(=O)CCCCC1CNc1ccncc1Br. The van der Waals surface area contributed by atoms with E-state index in [1.165, 1.54) is 0 Å². The largest absolute Gasteiger partial charge is 0.383 e. The maximum absolute atomic E-state index is 11.8. The molecule has 1 aromatic rings. The molecule has 0 aromatic carbocycles. The van der Waals surface area contributed by atoms with Crippen LogP contribution in [-0.4, -0.2) is 30.9 Å². The topological polar surface area (TPSA) is 59.1 Å². The van der Waals surface area contributed by atoms with Crippen molar-refractivity contribution in [3.05, 3.63) is 22.9 Å². The summed E-state index contributed by atoms with van der Waals surface area (Å²) in [5.41, 5.74) is 0.890. The van der Waals surface area contributed by atoms with E-state index < -0.39 is 9.84 Å². The second kappa shape index (κ2) is 5.35. The van der Waals surface area contributed by atoms with Gasteiger partial charge in [0.1, 0.15) is 0 Å². The highest BCUT2D eigenvalue weighted by molar-refractivity contribution is 9.10. The number of hydrogen-bond donors (Lipinski definition) is 1. The van der Waals surface area contributed by atoms with Crippen molar-refractivity contribution in [2.24, 2.45) is 0 Å². The van der Waals surface area contributed by atoms with Gasteiger partial charge in [-0.25, -0.2) is 8.42 Å². The van der Waals surface area contributed by atoms with Crippen LogP contribution in [0.25, 0.3) is 0 Å². The average Bonchev–Trinajstić information content (AvgIpc) is 2.29. The third-order valence-corrected chi connectivity index (χ3v) is 5.91. The summed E-state index contributed by atoms with van der Waals surface area (Å²) in [6, 6.07) is 1.83. The van der Waals surface area contributed by atoms with E-state index in [1.807, 2.05) is 6.07 Å². The zero-order chi connectivity index (χ0) is 12.3. The number of pyridine rings is 1. The number of hydrogen-bond acceptors (Lipinski definition) is 4. The summed E-state index contributed by atoms with van der Waals surface area (Å²) < 4.78 is 24.5. The van der Waals surface area contributed by atoms with Gasteiger partial charge in [0.25, 0.3) is 0 Å². The van der Waals surface area contributed by atoms with E-state index >= 15 is 0 Å². The zero-order valence-corrected chi connectivity index (χ0v) is 11.8. The van der Waals surface area contributed by atoms with Crippen LogP contribution in [0.4, 0.5) is 5.69 Å². The van der Waals surface area contributed by atoms with Gasteiger partial charge in [0.2, 0.25) is 0 Å². The second-order valence-electron chi connectivity index (χ2n) is 4.22. The van der Waals surface area contributed by atoms with Gasteiger partial charge in [0.05, 0.1) is 21.2 Å². The number of nitrogens with zero attached hydrogens (tertiary/aromatic N) is 1. The highest BCUT2D eigenvalue weighted by atomic mass is 79.9. The van der Waals surface area contributed by atoms with Gasteiger partial charge >= 0.3 is 0 Å². The van der Waals surface area contributed by atoms with E-state index in [4.69, 9.17) is 0 Å². The van der Waals surface area contributed by atoms with Gasteiger partial charge in [0, 0.05) is 18.9 Å². The molecular weight excluding hydrogens is 304 g/mol. The van der Waals surface area contributed by atoms with Crippen LogP contribution in [-0.2, 0) is 9.84 Å². The monoisotopic (exact) mass is 318 g/mol. The maximum atomic E-state index is 11.8. The molecule has 1 aliphatic rings. The smallest absolute Gasteiger partial charge is 0.154 e. The van der Waals surface area contributed by atoms with Crippen LogP contribution in [0.3, 0.4) is 0 Å². The predicted octanol–water partition coefficient (Wildman–Crippen LogP) is 2.22. The van der Waals surface area contributed by atoms with Crippen LogP contribution < -0.4 is 5.32 Å². The number of halogens is 1. The van der Waals surface area contributed by atoms with Crippen LogP contribution in [0.5, 0.6) is 0 Å². The van der Waals surface area contributed by atoms with Crippen molar-refractivity contribution < 1.29 is 8.42 Å². The molecule has 94 valence electrons. The maximum Gasteiger partial charge on any atom is 0.154 e. The number of aromatic nitrogens is 1. The fraction of sp³-hybridized carbons (Fsp3) is 0.545. The van der Waals surface area contributed by atoms with Crippen molar-refractivity contribution in [3.63, 3.8) is 0 Å². The Morgan fingerprint density at radius 3 is 3.00 bits per heavy atom. The predicted molar refractivity (Wildman–Crippen MR) is 71.9 cm³/mol. The molecule has 0 bridgehead atoms. The number of rotatable bonds is 3. The Kier molecular flexibility index (Phi) is 4.04. The first-order valence-corrected chi connectivity index (χ1v) is 8.15. The fourth-order valence-corrected chi connectivity index (χ4v) is 4.19. The quantitative estimate of drug-likeness (QED) is 0.928. The minimum Gasteiger partial charge on any atom is -0.383 e. The molecule has 1 aliphatic heterocycles. The van der Waals surface area contributed by atoms with E-state index in [0.717, 1.165) is 29.4 Å². The van der Waals surface area contributed by atoms with Crippen molar-refractivity contribution in [3.8, 4) is 0 Å². The van der Waals surface area contributed by atoms with Gasteiger partial charge in [-0.05, 0) is 34.8 Å². The van der Waals surface area contributed by atoms with Crippen LogP contribution >= 0.6 is 15.9 Å². The average molecular weight is 319 g/mol. The molecule has 1 atom stereocenters. The molecular formula is C11H15BrN2O2S. The van der Waals surface area contributed by atoms with Crippen molar-refractivity contribution in [2.45, 2.75) is 24.5 Å². The Morgan fingerprint density at radius 2 is 2.29 bits per heavy atom. The highest BCUT2D eigenvalue weighted by Crippen LogP contribution is 2.23. The van der Waals surface area contributed by atoms with Crippen LogP contribution in [0, 0.1) is 0 Å². The Balaban J connectivity index is 2.01.